The molecule has 0 radical (unpaired) electrons. The number of hydrogen-bond donors (Lipinski definition) is 2. The summed E-state index contributed by atoms with van der Waals surface area (Å²) in [7, 11) is 0. The second-order valence-electron chi connectivity index (χ2n) is 6.25. The monoisotopic (exact) mass is 385 g/mol. The van der Waals surface area contributed by atoms with Gasteiger partial charge in [0.05, 0.1) is 18.5 Å². The number of nitrogens with one attached hydrogen (secondary N) is 1. The van der Waals surface area contributed by atoms with Crippen molar-refractivity contribution in [1.29, 1.82) is 0 Å². The first-order valence-corrected chi connectivity index (χ1v) is 9.80. The van der Waals surface area contributed by atoms with Gasteiger partial charge in [-0.15, -0.1) is 11.3 Å². The van der Waals surface area contributed by atoms with Crippen LogP contribution in [0.4, 0.5) is 5.13 Å². The normalized spacial score (nSPS) is 11.0. The molecule has 0 aliphatic carbocycles. The van der Waals surface area contributed by atoms with E-state index >= 15 is 0 Å². The maximum absolute atomic E-state index is 9.17. The summed E-state index contributed by atoms with van der Waals surface area (Å²) in [5.74, 6) is 0. The third-order valence-corrected chi connectivity index (χ3v) is 5.05. The van der Waals surface area contributed by atoms with Crippen molar-refractivity contribution in [1.82, 2.24) is 4.98 Å². The maximum Gasteiger partial charge on any atom is 0.203 e. The van der Waals surface area contributed by atoms with Crippen molar-refractivity contribution in [3.05, 3.63) is 95.4 Å². The van der Waals surface area contributed by atoms with Crippen LogP contribution < -0.4 is 5.43 Å². The van der Waals surface area contributed by atoms with E-state index in [4.69, 9.17) is 0 Å². The predicted octanol–water partition coefficient (Wildman–Crippen LogP) is 5.42. The Morgan fingerprint density at radius 3 is 2.46 bits per heavy atom. The van der Waals surface area contributed by atoms with Crippen LogP contribution in [0.5, 0.6) is 0 Å². The van der Waals surface area contributed by atoms with E-state index in [1.54, 1.807) is 6.21 Å². The molecule has 0 unspecified atom stereocenters. The quantitative estimate of drug-likeness (QED) is 0.344. The van der Waals surface area contributed by atoms with Gasteiger partial charge in [-0.25, -0.2) is 4.98 Å². The summed E-state index contributed by atoms with van der Waals surface area (Å²) in [6.07, 6.45) is 1.79. The summed E-state index contributed by atoms with van der Waals surface area (Å²) in [5, 5.41) is 16.3. The Kier molecular flexibility index (Phi) is 5.56. The van der Waals surface area contributed by atoms with Gasteiger partial charge in [0.1, 0.15) is 0 Å². The molecule has 0 bridgehead atoms. The second kappa shape index (κ2) is 8.61. The Bertz CT molecular complexity index is 1070. The van der Waals surface area contributed by atoms with Gasteiger partial charge in [-0.05, 0) is 28.3 Å². The zero-order valence-corrected chi connectivity index (χ0v) is 15.9. The average molecular weight is 385 g/mol. The van der Waals surface area contributed by atoms with E-state index in [1.165, 1.54) is 11.3 Å². The van der Waals surface area contributed by atoms with Crippen molar-refractivity contribution in [2.75, 3.05) is 5.43 Å². The lowest BCUT2D eigenvalue weighted by molar-refractivity contribution is 0.282. The summed E-state index contributed by atoms with van der Waals surface area (Å²) in [4.78, 5) is 4.57. The third kappa shape index (κ3) is 4.34. The molecule has 0 saturated carbocycles. The molecule has 0 saturated heterocycles. The fourth-order valence-electron chi connectivity index (χ4n) is 2.83. The molecular weight excluding hydrogens is 366 g/mol. The van der Waals surface area contributed by atoms with E-state index in [1.807, 2.05) is 72.1 Å². The number of thiazole rings is 1. The summed E-state index contributed by atoms with van der Waals surface area (Å²) in [6.45, 7) is 0.0569. The van der Waals surface area contributed by atoms with Crippen molar-refractivity contribution in [2.24, 2.45) is 5.10 Å². The number of hydrogen-bond acceptors (Lipinski definition) is 5. The first-order valence-electron chi connectivity index (χ1n) is 8.92. The van der Waals surface area contributed by atoms with Crippen LogP contribution in [-0.2, 0) is 6.61 Å². The molecule has 0 amide bonds. The molecule has 0 atom stereocenters. The second-order valence-corrected chi connectivity index (χ2v) is 7.11. The fraction of sp³-hybridized carbons (Fsp3) is 0.0435. The Morgan fingerprint density at radius 2 is 1.68 bits per heavy atom. The molecule has 0 aliphatic rings. The topological polar surface area (TPSA) is 57.5 Å². The standard InChI is InChI=1S/C23H19N3OS/c27-15-17-9-11-19(12-10-17)21-8-4-5-18(13-21)14-24-26-23-25-22(16-28-23)20-6-2-1-3-7-20/h1-14,16,27H,15H2,(H,25,26). The van der Waals surface area contributed by atoms with Crippen molar-refractivity contribution in [3.63, 3.8) is 0 Å². The minimum atomic E-state index is 0.0569. The van der Waals surface area contributed by atoms with Gasteiger partial charge in [0, 0.05) is 10.9 Å². The number of aliphatic hydroxyl groups is 1. The smallest absolute Gasteiger partial charge is 0.203 e. The van der Waals surface area contributed by atoms with Crippen LogP contribution in [-0.4, -0.2) is 16.3 Å². The molecule has 4 nitrogen and oxygen atoms in total. The SMILES string of the molecule is OCc1ccc(-c2cccc(C=NNc3nc(-c4ccccc4)cs3)c2)cc1. The Labute approximate surface area is 167 Å². The molecule has 5 heteroatoms. The van der Waals surface area contributed by atoms with E-state index in [-0.39, 0.29) is 6.61 Å². The minimum Gasteiger partial charge on any atom is -0.392 e. The van der Waals surface area contributed by atoms with Crippen molar-refractivity contribution < 1.29 is 5.11 Å². The number of benzene rings is 3. The van der Waals surface area contributed by atoms with E-state index in [9.17, 15) is 5.11 Å². The van der Waals surface area contributed by atoms with Crippen LogP contribution in [0.15, 0.2) is 89.3 Å². The number of rotatable bonds is 6. The van der Waals surface area contributed by atoms with Crippen LogP contribution in [0.3, 0.4) is 0 Å². The zero-order chi connectivity index (χ0) is 19.2. The van der Waals surface area contributed by atoms with Gasteiger partial charge in [-0.1, -0.05) is 72.8 Å². The van der Waals surface area contributed by atoms with Crippen LogP contribution in [0.25, 0.3) is 22.4 Å². The van der Waals surface area contributed by atoms with Crippen molar-refractivity contribution in [2.45, 2.75) is 6.61 Å². The lowest BCUT2D eigenvalue weighted by atomic mass is 10.0. The number of aromatic nitrogens is 1. The zero-order valence-electron chi connectivity index (χ0n) is 15.1. The molecule has 1 heterocycles. The summed E-state index contributed by atoms with van der Waals surface area (Å²) < 4.78 is 0. The van der Waals surface area contributed by atoms with E-state index in [0.29, 0.717) is 0 Å². The molecule has 2 N–H and O–H groups in total. The van der Waals surface area contributed by atoms with E-state index in [0.717, 1.165) is 38.6 Å². The molecule has 4 aromatic rings. The van der Waals surface area contributed by atoms with Gasteiger partial charge in [-0.3, -0.25) is 5.43 Å². The number of aliphatic hydroxyl groups excluding tert-OH is 1. The van der Waals surface area contributed by atoms with Crippen LogP contribution in [0.1, 0.15) is 11.1 Å². The highest BCUT2D eigenvalue weighted by atomic mass is 32.1. The van der Waals surface area contributed by atoms with E-state index in [2.05, 4.69) is 27.6 Å². The molecule has 3 aromatic carbocycles. The van der Waals surface area contributed by atoms with Gasteiger partial charge in [-0.2, -0.15) is 5.10 Å². The maximum atomic E-state index is 9.17. The lowest BCUT2D eigenvalue weighted by Crippen LogP contribution is -1.91. The highest BCUT2D eigenvalue weighted by Gasteiger charge is 2.03. The molecule has 28 heavy (non-hydrogen) atoms. The highest BCUT2D eigenvalue weighted by molar-refractivity contribution is 7.14. The highest BCUT2D eigenvalue weighted by Crippen LogP contribution is 2.24. The molecule has 4 rings (SSSR count). The van der Waals surface area contributed by atoms with Crippen molar-refractivity contribution in [3.8, 4) is 22.4 Å². The van der Waals surface area contributed by atoms with Crippen LogP contribution in [0.2, 0.25) is 0 Å². The molecule has 1 aromatic heterocycles. The van der Waals surface area contributed by atoms with Gasteiger partial charge in [0.25, 0.3) is 0 Å². The minimum absolute atomic E-state index is 0.0569. The summed E-state index contributed by atoms with van der Waals surface area (Å²) in [5.41, 5.74) is 9.15. The van der Waals surface area contributed by atoms with Gasteiger partial charge >= 0.3 is 0 Å². The van der Waals surface area contributed by atoms with Gasteiger partial charge < -0.3 is 5.11 Å². The molecular formula is C23H19N3OS. The van der Waals surface area contributed by atoms with E-state index < -0.39 is 0 Å². The Morgan fingerprint density at radius 1 is 0.893 bits per heavy atom. The predicted molar refractivity (Wildman–Crippen MR) is 117 cm³/mol. The van der Waals surface area contributed by atoms with Gasteiger partial charge in [0.15, 0.2) is 0 Å². The number of nitrogens with zero attached hydrogens (tertiary/aromatic N) is 2. The average Bonchev–Trinajstić information content (AvgIpc) is 3.24. The Balaban J connectivity index is 1.44. The molecule has 138 valence electrons. The van der Waals surface area contributed by atoms with Crippen LogP contribution in [0, 0.1) is 0 Å². The first kappa shape index (κ1) is 18.1. The Hall–Kier alpha value is -3.28. The summed E-state index contributed by atoms with van der Waals surface area (Å²) in [6, 6.07) is 26.1. The molecule has 0 spiro atoms. The third-order valence-electron chi connectivity index (χ3n) is 4.30. The van der Waals surface area contributed by atoms with Crippen molar-refractivity contribution >= 4 is 22.7 Å². The number of anilines is 1. The lowest BCUT2D eigenvalue weighted by Gasteiger charge is -2.04. The number of hydrazone groups is 1. The molecule has 0 aliphatic heterocycles. The first-order chi connectivity index (χ1) is 13.8. The van der Waals surface area contributed by atoms with Crippen LogP contribution >= 0.6 is 11.3 Å². The fourth-order valence-corrected chi connectivity index (χ4v) is 3.50. The summed E-state index contributed by atoms with van der Waals surface area (Å²) >= 11 is 1.53. The van der Waals surface area contributed by atoms with Gasteiger partial charge in [0.2, 0.25) is 5.13 Å². The molecule has 0 fully saturated rings. The largest absolute Gasteiger partial charge is 0.392 e.